The van der Waals surface area contributed by atoms with E-state index >= 15 is 0 Å². The lowest BCUT2D eigenvalue weighted by molar-refractivity contribution is -0.140. The Bertz CT molecular complexity index is 1010. The van der Waals surface area contributed by atoms with E-state index in [1.807, 2.05) is 0 Å². The number of alkyl halides is 3. The molecule has 1 aliphatic carbocycles. The van der Waals surface area contributed by atoms with Gasteiger partial charge in [-0.2, -0.15) is 17.5 Å². The summed E-state index contributed by atoms with van der Waals surface area (Å²) in [5.41, 5.74) is -0.191. The zero-order chi connectivity index (χ0) is 23.9. The molecule has 1 saturated heterocycles. The van der Waals surface area contributed by atoms with Crippen LogP contribution in [0.15, 0.2) is 29.2 Å². The summed E-state index contributed by atoms with van der Waals surface area (Å²) in [6.45, 7) is 4.31. The number of hydrogen-bond acceptors (Lipinski definition) is 5. The predicted molar refractivity (Wildman–Crippen MR) is 109 cm³/mol. The summed E-state index contributed by atoms with van der Waals surface area (Å²) in [5, 5.41) is 1.59. The Hall–Kier alpha value is -2.14. The van der Waals surface area contributed by atoms with Crippen LogP contribution in [0.4, 0.5) is 13.2 Å². The lowest BCUT2D eigenvalue weighted by Gasteiger charge is -2.39. The molecule has 1 aromatic carbocycles. The molecule has 7 nitrogen and oxygen atoms in total. The molecule has 11 heteroatoms. The highest BCUT2D eigenvalue weighted by molar-refractivity contribution is 7.89. The van der Waals surface area contributed by atoms with Crippen LogP contribution in [0.25, 0.3) is 0 Å². The number of nitrogens with zero attached hydrogens (tertiary/aromatic N) is 1. The second-order valence-electron chi connectivity index (χ2n) is 9.76. The molecule has 0 radical (unpaired) electrons. The van der Waals surface area contributed by atoms with Crippen molar-refractivity contribution in [1.29, 1.82) is 0 Å². The SMILES string of the molecule is CC1(C)CC2CC(C)(CN2S(=O)(=O)c2cccc(C(=O)OCC(=O)NCC(F)(F)F)c2)C1. The van der Waals surface area contributed by atoms with Crippen molar-refractivity contribution in [3.05, 3.63) is 29.8 Å². The minimum absolute atomic E-state index is 0.0281. The van der Waals surface area contributed by atoms with Gasteiger partial charge in [-0.3, -0.25) is 4.79 Å². The minimum Gasteiger partial charge on any atom is -0.452 e. The van der Waals surface area contributed by atoms with E-state index in [1.54, 1.807) is 5.32 Å². The van der Waals surface area contributed by atoms with Crippen molar-refractivity contribution in [3.8, 4) is 0 Å². The molecule has 1 heterocycles. The molecule has 2 aliphatic rings. The minimum atomic E-state index is -4.58. The third-order valence-electron chi connectivity index (χ3n) is 5.86. The number of amides is 1. The fourth-order valence-corrected chi connectivity index (χ4v) is 6.89. The summed E-state index contributed by atoms with van der Waals surface area (Å²) in [5.74, 6) is -2.11. The third-order valence-corrected chi connectivity index (χ3v) is 7.76. The van der Waals surface area contributed by atoms with Gasteiger partial charge >= 0.3 is 12.1 Å². The Labute approximate surface area is 185 Å². The first-order chi connectivity index (χ1) is 14.6. The van der Waals surface area contributed by atoms with Crippen molar-refractivity contribution >= 4 is 21.9 Å². The van der Waals surface area contributed by atoms with Crippen molar-refractivity contribution in [2.75, 3.05) is 19.7 Å². The highest BCUT2D eigenvalue weighted by Gasteiger charge is 2.53. The van der Waals surface area contributed by atoms with Gasteiger partial charge in [-0.15, -0.1) is 0 Å². The molecule has 2 atom stereocenters. The van der Waals surface area contributed by atoms with E-state index in [4.69, 9.17) is 4.74 Å². The van der Waals surface area contributed by atoms with Crippen LogP contribution in [0.1, 0.15) is 50.4 Å². The predicted octanol–water partition coefficient (Wildman–Crippen LogP) is 3.11. The summed E-state index contributed by atoms with van der Waals surface area (Å²) in [7, 11) is -3.87. The van der Waals surface area contributed by atoms with E-state index in [9.17, 15) is 31.2 Å². The average molecular weight is 477 g/mol. The maximum atomic E-state index is 13.4. The molecule has 1 aliphatic heterocycles. The largest absolute Gasteiger partial charge is 0.452 e. The van der Waals surface area contributed by atoms with Crippen LogP contribution in [-0.2, 0) is 19.6 Å². The Morgan fingerprint density at radius 1 is 1.22 bits per heavy atom. The van der Waals surface area contributed by atoms with Crippen LogP contribution in [0.5, 0.6) is 0 Å². The molecule has 32 heavy (non-hydrogen) atoms. The topological polar surface area (TPSA) is 92.8 Å². The van der Waals surface area contributed by atoms with E-state index in [-0.39, 0.29) is 27.3 Å². The number of nitrogens with one attached hydrogen (secondary N) is 1. The first kappa shape index (κ1) is 24.5. The number of carbonyl (C=O) groups excluding carboxylic acids is 2. The molecule has 2 bridgehead atoms. The van der Waals surface area contributed by atoms with Gasteiger partial charge in [0.25, 0.3) is 5.91 Å². The summed E-state index contributed by atoms with van der Waals surface area (Å²) >= 11 is 0. The number of rotatable bonds is 6. The van der Waals surface area contributed by atoms with Gasteiger partial charge in [-0.05, 0) is 48.3 Å². The highest BCUT2D eigenvalue weighted by Crippen LogP contribution is 2.53. The van der Waals surface area contributed by atoms with Gasteiger partial charge in [0, 0.05) is 12.6 Å². The van der Waals surface area contributed by atoms with Gasteiger partial charge in [0.05, 0.1) is 10.5 Å². The molecular weight excluding hydrogens is 449 g/mol. The standard InChI is InChI=1S/C21H27F3N2O5S/c1-19(2)8-15-9-20(3,11-19)13-26(15)32(29,30)16-6-4-5-14(7-16)18(28)31-10-17(27)25-12-21(22,23)24/h4-7,15H,8-13H2,1-3H3,(H,25,27). The number of esters is 1. The van der Waals surface area contributed by atoms with Gasteiger partial charge in [0.15, 0.2) is 6.61 Å². The number of halogens is 3. The fraction of sp³-hybridized carbons (Fsp3) is 0.619. The van der Waals surface area contributed by atoms with Crippen LogP contribution >= 0.6 is 0 Å². The third kappa shape index (κ3) is 5.61. The molecule has 1 amide bonds. The number of sulfonamides is 1. The van der Waals surface area contributed by atoms with Crippen molar-refractivity contribution in [2.24, 2.45) is 10.8 Å². The van der Waals surface area contributed by atoms with Crippen LogP contribution < -0.4 is 5.32 Å². The van der Waals surface area contributed by atoms with E-state index in [1.165, 1.54) is 28.6 Å². The number of benzene rings is 1. The molecule has 2 fully saturated rings. The molecule has 1 aromatic rings. The first-order valence-electron chi connectivity index (χ1n) is 10.2. The fourth-order valence-electron chi connectivity index (χ4n) is 5.07. The zero-order valence-corrected chi connectivity index (χ0v) is 19.0. The van der Waals surface area contributed by atoms with Crippen molar-refractivity contribution in [1.82, 2.24) is 9.62 Å². The number of carbonyl (C=O) groups is 2. The van der Waals surface area contributed by atoms with Gasteiger partial charge in [0.2, 0.25) is 10.0 Å². The van der Waals surface area contributed by atoms with Gasteiger partial charge in [0.1, 0.15) is 6.54 Å². The van der Waals surface area contributed by atoms with Crippen LogP contribution in [-0.4, -0.2) is 56.5 Å². The van der Waals surface area contributed by atoms with E-state index in [0.717, 1.165) is 19.3 Å². The summed E-state index contributed by atoms with van der Waals surface area (Å²) < 4.78 is 69.3. The average Bonchev–Trinajstić information content (AvgIpc) is 2.93. The normalized spacial score (nSPS) is 25.4. The highest BCUT2D eigenvalue weighted by atomic mass is 32.2. The Morgan fingerprint density at radius 3 is 2.56 bits per heavy atom. The number of fused-ring (bicyclic) bond motifs is 2. The van der Waals surface area contributed by atoms with Crippen LogP contribution in [0.3, 0.4) is 0 Å². The van der Waals surface area contributed by atoms with Crippen molar-refractivity contribution < 1.29 is 35.9 Å². The smallest absolute Gasteiger partial charge is 0.405 e. The molecule has 1 N–H and O–H groups in total. The second-order valence-corrected chi connectivity index (χ2v) is 11.7. The summed E-state index contributed by atoms with van der Waals surface area (Å²) in [6.07, 6.45) is -2.13. The molecule has 0 spiro atoms. The quantitative estimate of drug-likeness (QED) is 0.637. The number of ether oxygens (including phenoxy) is 1. The van der Waals surface area contributed by atoms with E-state index < -0.39 is 41.2 Å². The van der Waals surface area contributed by atoms with Crippen molar-refractivity contribution in [3.63, 3.8) is 0 Å². The molecule has 2 unspecified atom stereocenters. The Kier molecular flexibility index (Phi) is 6.38. The van der Waals surface area contributed by atoms with Gasteiger partial charge in [-0.1, -0.05) is 26.8 Å². The molecule has 0 aromatic heterocycles. The first-order valence-corrected chi connectivity index (χ1v) is 11.7. The maximum absolute atomic E-state index is 13.4. The molecule has 1 saturated carbocycles. The monoisotopic (exact) mass is 476 g/mol. The summed E-state index contributed by atoms with van der Waals surface area (Å²) in [4.78, 5) is 23.6. The molecular formula is C21H27F3N2O5S. The molecule has 178 valence electrons. The molecule has 3 rings (SSSR count). The Morgan fingerprint density at radius 2 is 1.91 bits per heavy atom. The number of hydrogen-bond donors (Lipinski definition) is 1. The lowest BCUT2D eigenvalue weighted by atomic mass is 9.65. The lowest BCUT2D eigenvalue weighted by Crippen LogP contribution is -2.37. The zero-order valence-electron chi connectivity index (χ0n) is 18.2. The van der Waals surface area contributed by atoms with E-state index in [2.05, 4.69) is 20.8 Å². The summed E-state index contributed by atoms with van der Waals surface area (Å²) in [6, 6.07) is 5.14. The van der Waals surface area contributed by atoms with Crippen LogP contribution in [0.2, 0.25) is 0 Å². The van der Waals surface area contributed by atoms with Crippen molar-refractivity contribution in [2.45, 2.75) is 57.1 Å². The van der Waals surface area contributed by atoms with Crippen LogP contribution in [0, 0.1) is 10.8 Å². The van der Waals surface area contributed by atoms with Gasteiger partial charge < -0.3 is 10.1 Å². The second kappa shape index (κ2) is 8.33. The Balaban J connectivity index is 1.70. The van der Waals surface area contributed by atoms with E-state index in [0.29, 0.717) is 6.54 Å². The maximum Gasteiger partial charge on any atom is 0.405 e. The van der Waals surface area contributed by atoms with Gasteiger partial charge in [-0.25, -0.2) is 13.2 Å².